The van der Waals surface area contributed by atoms with Crippen molar-refractivity contribution in [3.63, 3.8) is 0 Å². The van der Waals surface area contributed by atoms with Crippen molar-refractivity contribution in [1.82, 2.24) is 0 Å². The Morgan fingerprint density at radius 1 is 0.690 bits per heavy atom. The molecule has 0 saturated heterocycles. The van der Waals surface area contributed by atoms with Crippen LogP contribution in [0.3, 0.4) is 0 Å². The fraction of sp³-hybridized carbons (Fsp3) is 0.293. The van der Waals surface area contributed by atoms with E-state index >= 15 is 0 Å². The van der Waals surface area contributed by atoms with Crippen molar-refractivity contribution in [2.45, 2.75) is 79.1 Å². The summed E-state index contributed by atoms with van der Waals surface area (Å²) in [6, 6.07) is 30.9. The zero-order chi connectivity index (χ0) is 30.1. The van der Waals surface area contributed by atoms with Crippen LogP contribution in [0.2, 0.25) is 0 Å². The van der Waals surface area contributed by atoms with Gasteiger partial charge < -0.3 is 0 Å². The molecule has 0 nitrogen and oxygen atoms in total. The Kier molecular flexibility index (Phi) is 6.83. The van der Waals surface area contributed by atoms with Crippen LogP contribution in [0, 0.1) is 13.8 Å². The second kappa shape index (κ2) is 9.82. The van der Waals surface area contributed by atoms with Crippen molar-refractivity contribution in [2.24, 2.45) is 0 Å². The van der Waals surface area contributed by atoms with Crippen LogP contribution in [0.25, 0.3) is 11.1 Å². The Morgan fingerprint density at radius 3 is 1.83 bits per heavy atom. The number of benzene rings is 4. The maximum atomic E-state index is 5.75. The molecule has 0 spiro atoms. The molecule has 0 bridgehead atoms. The normalized spacial score (nSPS) is 15.0. The van der Waals surface area contributed by atoms with Gasteiger partial charge in [-0.15, -0.1) is 0 Å². The minimum atomic E-state index is -4.81. The molecule has 0 atom stereocenters. The van der Waals surface area contributed by atoms with Gasteiger partial charge in [-0.1, -0.05) is 0 Å². The summed E-state index contributed by atoms with van der Waals surface area (Å²) in [5.74, 6) is 0. The molecule has 0 aromatic heterocycles. The van der Waals surface area contributed by atoms with Gasteiger partial charge in [-0.3, -0.25) is 0 Å². The summed E-state index contributed by atoms with van der Waals surface area (Å²) in [5, 5.41) is 0. The number of hydrogen-bond acceptors (Lipinski definition) is 0. The van der Waals surface area contributed by atoms with Crippen molar-refractivity contribution in [3.05, 3.63) is 134 Å². The molecular formula is C41H46Zr. The first kappa shape index (κ1) is 29.2. The summed E-state index contributed by atoms with van der Waals surface area (Å²) in [6.07, 6.45) is 9.00. The Bertz CT molecular complexity index is 1810. The fourth-order valence-corrected chi connectivity index (χ4v) is 24.9. The zero-order valence-electron chi connectivity index (χ0n) is 26.9. The number of hydrogen-bond donors (Lipinski definition) is 0. The molecule has 0 saturated carbocycles. The SMILES string of the molecule is [CH2]=[Zr]([C]1=CC=CC1)([c]1cccc(C)c1)([c]1cccc(C)c1)[c]1c(C(C)(C)C)ccc2c1Cc1cc(C(C)(C)C)ccc1-2. The second-order valence-electron chi connectivity index (χ2n) is 15.1. The third-order valence-corrected chi connectivity index (χ3v) is 26.4. The second-order valence-corrected chi connectivity index (χ2v) is 27.9. The molecule has 2 aliphatic carbocycles. The Labute approximate surface area is 254 Å². The third-order valence-electron chi connectivity index (χ3n) is 10.1. The van der Waals surface area contributed by atoms with E-state index in [1.807, 2.05) is 0 Å². The van der Waals surface area contributed by atoms with E-state index in [1.54, 1.807) is 3.27 Å². The molecule has 0 amide bonds. The third kappa shape index (κ3) is 4.30. The van der Waals surface area contributed by atoms with Gasteiger partial charge in [-0.25, -0.2) is 0 Å². The summed E-state index contributed by atoms with van der Waals surface area (Å²) in [4.78, 5) is 0. The van der Waals surface area contributed by atoms with E-state index in [4.69, 9.17) is 4.21 Å². The van der Waals surface area contributed by atoms with E-state index in [9.17, 15) is 0 Å². The molecule has 0 fully saturated rings. The first-order valence-electron chi connectivity index (χ1n) is 15.6. The van der Waals surface area contributed by atoms with Crippen LogP contribution in [0.5, 0.6) is 0 Å². The van der Waals surface area contributed by atoms with Gasteiger partial charge in [0.1, 0.15) is 0 Å². The van der Waals surface area contributed by atoms with Crippen LogP contribution >= 0.6 is 0 Å². The average molecular weight is 630 g/mol. The summed E-state index contributed by atoms with van der Waals surface area (Å²) >= 11 is -4.81. The number of rotatable bonds is 4. The van der Waals surface area contributed by atoms with E-state index < -0.39 is 18.3 Å². The van der Waals surface area contributed by atoms with E-state index in [1.165, 1.54) is 54.3 Å². The monoisotopic (exact) mass is 628 g/mol. The topological polar surface area (TPSA) is 0 Å². The number of aryl methyl sites for hydroxylation is 2. The summed E-state index contributed by atoms with van der Waals surface area (Å²) in [6.45, 7) is 18.6. The Balaban J connectivity index is 1.83. The quantitative estimate of drug-likeness (QED) is 0.187. The van der Waals surface area contributed by atoms with Crippen LogP contribution in [-0.2, 0) is 35.5 Å². The fourth-order valence-electron chi connectivity index (χ4n) is 7.82. The van der Waals surface area contributed by atoms with Gasteiger partial charge in [-0.2, -0.15) is 0 Å². The average Bonchev–Trinajstić information content (AvgIpc) is 3.60. The van der Waals surface area contributed by atoms with E-state index in [0.29, 0.717) is 0 Å². The molecule has 0 unspecified atom stereocenters. The van der Waals surface area contributed by atoms with Crippen molar-refractivity contribution in [1.29, 1.82) is 0 Å². The molecule has 4 aromatic carbocycles. The predicted molar refractivity (Wildman–Crippen MR) is 182 cm³/mol. The van der Waals surface area contributed by atoms with Gasteiger partial charge in [0.2, 0.25) is 0 Å². The molecule has 0 aliphatic heterocycles. The molecule has 2 aliphatic rings. The predicted octanol–water partition coefficient (Wildman–Crippen LogP) is 8.71. The number of allylic oxidation sites excluding steroid dienone is 4. The molecule has 42 heavy (non-hydrogen) atoms. The van der Waals surface area contributed by atoms with Crippen molar-refractivity contribution >= 4 is 14.0 Å². The van der Waals surface area contributed by atoms with Crippen molar-refractivity contribution < 1.29 is 18.3 Å². The van der Waals surface area contributed by atoms with Gasteiger partial charge >= 0.3 is 256 Å². The van der Waals surface area contributed by atoms with E-state index in [0.717, 1.165) is 12.8 Å². The molecule has 214 valence electrons. The molecule has 4 aromatic rings. The van der Waals surface area contributed by atoms with Crippen LogP contribution in [0.4, 0.5) is 0 Å². The van der Waals surface area contributed by atoms with Crippen molar-refractivity contribution in [3.8, 4) is 11.1 Å². The Morgan fingerprint density at radius 2 is 1.31 bits per heavy atom. The summed E-state index contributed by atoms with van der Waals surface area (Å²) < 4.78 is 11.8. The van der Waals surface area contributed by atoms with Crippen LogP contribution < -0.4 is 9.81 Å². The van der Waals surface area contributed by atoms with Crippen molar-refractivity contribution in [2.75, 3.05) is 0 Å². The summed E-state index contributed by atoms with van der Waals surface area (Å²) in [7, 11) is 0. The zero-order valence-corrected chi connectivity index (χ0v) is 29.3. The number of fused-ring (bicyclic) bond motifs is 3. The van der Waals surface area contributed by atoms with Crippen LogP contribution in [0.15, 0.2) is 100 Å². The van der Waals surface area contributed by atoms with Crippen LogP contribution in [-0.4, -0.2) is 4.21 Å². The van der Waals surface area contributed by atoms with Gasteiger partial charge in [0, 0.05) is 0 Å². The first-order valence-corrected chi connectivity index (χ1v) is 22.2. The van der Waals surface area contributed by atoms with E-state index in [-0.39, 0.29) is 10.8 Å². The Hall–Kier alpha value is -2.89. The van der Waals surface area contributed by atoms with E-state index in [2.05, 4.69) is 152 Å². The standard InChI is InChI=1S/C21H25.2C7H7.C5H5.CH2.Zr/c1-20(2,3)16-7-9-18-14(12-16)11-15-13-17(21(4,5)6)8-10-19(15)18;2*1-7-5-3-2-4-6-7;1-2-4-5-3-1;;/h7-10,12H,11H2,1-6H3;2*2-3,5-6H,1H3;1-3H,4H2;1H2;. The molecular weight excluding hydrogens is 584 g/mol. The molecule has 6 rings (SSSR count). The van der Waals surface area contributed by atoms with Crippen LogP contribution in [0.1, 0.15) is 81.3 Å². The molecule has 1 heteroatoms. The molecule has 0 radical (unpaired) electrons. The minimum absolute atomic E-state index is 0.0390. The van der Waals surface area contributed by atoms with Gasteiger partial charge in [0.15, 0.2) is 0 Å². The summed E-state index contributed by atoms with van der Waals surface area (Å²) in [5.41, 5.74) is 11.3. The van der Waals surface area contributed by atoms with Gasteiger partial charge in [0.05, 0.1) is 0 Å². The van der Waals surface area contributed by atoms with Gasteiger partial charge in [0.25, 0.3) is 0 Å². The molecule has 0 heterocycles. The van der Waals surface area contributed by atoms with Gasteiger partial charge in [-0.05, 0) is 0 Å². The maximum absolute atomic E-state index is 5.75. The first-order chi connectivity index (χ1) is 19.7. The molecule has 0 N–H and O–H groups in total.